The largest absolute Gasteiger partial charge is 0.504 e. The van der Waals surface area contributed by atoms with Crippen molar-refractivity contribution in [2.75, 3.05) is 12.4 Å². The number of aromatic nitrogens is 2. The Bertz CT molecular complexity index is 1500. The van der Waals surface area contributed by atoms with Crippen molar-refractivity contribution in [1.29, 1.82) is 0 Å². The van der Waals surface area contributed by atoms with Crippen molar-refractivity contribution in [1.82, 2.24) is 9.97 Å². The van der Waals surface area contributed by atoms with Crippen molar-refractivity contribution >= 4 is 27.2 Å². The molecule has 2 aromatic heterocycles. The molecule has 0 atom stereocenters. The van der Waals surface area contributed by atoms with E-state index >= 15 is 0 Å². The summed E-state index contributed by atoms with van der Waals surface area (Å²) in [6.07, 6.45) is 1.78. The Morgan fingerprint density at radius 3 is 2.68 bits per heavy atom. The summed E-state index contributed by atoms with van der Waals surface area (Å²) in [6, 6.07) is 18.5. The summed E-state index contributed by atoms with van der Waals surface area (Å²) in [7, 11) is 1.53. The molecule has 2 N–H and O–H groups in total. The third kappa shape index (κ3) is 4.30. The fraction of sp³-hybridized carbons (Fsp3) is 0.111. The second kappa shape index (κ2) is 9.11. The molecule has 0 saturated heterocycles. The van der Waals surface area contributed by atoms with Crippen LogP contribution in [0.15, 0.2) is 72.4 Å². The fourth-order valence-electron chi connectivity index (χ4n) is 3.86. The van der Waals surface area contributed by atoms with Gasteiger partial charge in [-0.15, -0.1) is 11.3 Å². The zero-order valence-corrected chi connectivity index (χ0v) is 19.5. The van der Waals surface area contributed by atoms with Gasteiger partial charge in [0.15, 0.2) is 11.5 Å². The molecule has 0 aliphatic heterocycles. The van der Waals surface area contributed by atoms with Crippen molar-refractivity contribution in [3.8, 4) is 33.9 Å². The molecule has 5 rings (SSSR count). The molecule has 3 aromatic carbocycles. The number of rotatable bonds is 6. The van der Waals surface area contributed by atoms with Crippen molar-refractivity contribution in [3.63, 3.8) is 0 Å². The molecule has 7 heteroatoms. The molecule has 0 bridgehead atoms. The number of phenols is 1. The smallest absolute Gasteiger partial charge is 0.160 e. The number of fused-ring (bicyclic) bond motifs is 1. The van der Waals surface area contributed by atoms with Gasteiger partial charge in [0.05, 0.1) is 40.4 Å². The summed E-state index contributed by atoms with van der Waals surface area (Å²) in [5, 5.41) is 13.2. The first-order chi connectivity index (χ1) is 16.5. The Labute approximate surface area is 200 Å². The van der Waals surface area contributed by atoms with Crippen molar-refractivity contribution in [3.05, 3.63) is 89.3 Å². The SMILES string of the molecule is COc1cc(CNc2cnc(-c3ccc(F)c(C)c3)c(-c3ccc4ncsc4c3)c2)ccc1O. The quantitative estimate of drug-likeness (QED) is 0.285. The molecule has 0 saturated carbocycles. The van der Waals surface area contributed by atoms with E-state index in [1.165, 1.54) is 13.2 Å². The number of aromatic hydroxyl groups is 1. The molecule has 0 radical (unpaired) electrons. The third-order valence-electron chi connectivity index (χ3n) is 5.70. The summed E-state index contributed by atoms with van der Waals surface area (Å²) in [6.45, 7) is 2.28. The van der Waals surface area contributed by atoms with Gasteiger partial charge in [0.1, 0.15) is 5.82 Å². The van der Waals surface area contributed by atoms with Gasteiger partial charge in [-0.2, -0.15) is 0 Å². The van der Waals surface area contributed by atoms with Crippen LogP contribution in [0, 0.1) is 12.7 Å². The molecule has 5 aromatic rings. The summed E-state index contributed by atoms with van der Waals surface area (Å²) in [5.74, 6) is 0.296. The van der Waals surface area contributed by atoms with Crippen LogP contribution in [0.2, 0.25) is 0 Å². The number of ether oxygens (including phenoxy) is 1. The maximum Gasteiger partial charge on any atom is 0.160 e. The van der Waals surface area contributed by atoms with E-state index in [4.69, 9.17) is 9.72 Å². The summed E-state index contributed by atoms with van der Waals surface area (Å²) in [5.41, 5.74) is 8.75. The normalized spacial score (nSPS) is 11.0. The van der Waals surface area contributed by atoms with Crippen LogP contribution in [-0.2, 0) is 6.54 Å². The molecule has 0 spiro atoms. The van der Waals surface area contributed by atoms with Crippen LogP contribution in [-0.4, -0.2) is 22.2 Å². The second-order valence-electron chi connectivity index (χ2n) is 7.98. The van der Waals surface area contributed by atoms with E-state index in [0.29, 0.717) is 17.9 Å². The van der Waals surface area contributed by atoms with Crippen molar-refractivity contribution in [2.24, 2.45) is 0 Å². The molecule has 5 nitrogen and oxygen atoms in total. The highest BCUT2D eigenvalue weighted by Crippen LogP contribution is 2.35. The van der Waals surface area contributed by atoms with E-state index in [1.807, 2.05) is 29.8 Å². The molecule has 170 valence electrons. The lowest BCUT2D eigenvalue weighted by Gasteiger charge is -2.14. The van der Waals surface area contributed by atoms with Gasteiger partial charge < -0.3 is 15.2 Å². The first-order valence-corrected chi connectivity index (χ1v) is 11.6. The number of phenolic OH excluding ortho intramolecular Hbond substituents is 1. The van der Waals surface area contributed by atoms with E-state index in [0.717, 1.165) is 43.9 Å². The molecule has 0 amide bonds. The average Bonchev–Trinajstić information content (AvgIpc) is 3.33. The highest BCUT2D eigenvalue weighted by molar-refractivity contribution is 7.16. The van der Waals surface area contributed by atoms with Crippen LogP contribution < -0.4 is 10.1 Å². The maximum absolute atomic E-state index is 13.9. The van der Waals surface area contributed by atoms with Crippen LogP contribution in [0.3, 0.4) is 0 Å². The van der Waals surface area contributed by atoms with Crippen LogP contribution in [0.1, 0.15) is 11.1 Å². The van der Waals surface area contributed by atoms with Gasteiger partial charge in [0.25, 0.3) is 0 Å². The van der Waals surface area contributed by atoms with Gasteiger partial charge >= 0.3 is 0 Å². The Balaban J connectivity index is 1.54. The Morgan fingerprint density at radius 2 is 1.85 bits per heavy atom. The number of aryl methyl sites for hydroxylation is 1. The molecule has 2 heterocycles. The van der Waals surface area contributed by atoms with E-state index < -0.39 is 0 Å². The summed E-state index contributed by atoms with van der Waals surface area (Å²) >= 11 is 1.59. The number of benzene rings is 3. The van der Waals surface area contributed by atoms with E-state index in [-0.39, 0.29) is 11.6 Å². The first kappa shape index (κ1) is 21.9. The van der Waals surface area contributed by atoms with Gasteiger partial charge in [-0.05, 0) is 72.1 Å². The molecule has 0 unspecified atom stereocenters. The predicted octanol–water partition coefficient (Wildman–Crippen LogP) is 6.80. The van der Waals surface area contributed by atoms with Gasteiger partial charge in [0, 0.05) is 17.7 Å². The number of methoxy groups -OCH3 is 1. The maximum atomic E-state index is 13.9. The van der Waals surface area contributed by atoms with Gasteiger partial charge in [-0.1, -0.05) is 12.1 Å². The first-order valence-electron chi connectivity index (χ1n) is 10.7. The van der Waals surface area contributed by atoms with Gasteiger partial charge in [0.2, 0.25) is 0 Å². The van der Waals surface area contributed by atoms with Crippen LogP contribution >= 0.6 is 11.3 Å². The highest BCUT2D eigenvalue weighted by atomic mass is 32.1. The van der Waals surface area contributed by atoms with Crippen LogP contribution in [0.4, 0.5) is 10.1 Å². The zero-order valence-electron chi connectivity index (χ0n) is 18.7. The molecule has 34 heavy (non-hydrogen) atoms. The predicted molar refractivity (Wildman–Crippen MR) is 135 cm³/mol. The van der Waals surface area contributed by atoms with Gasteiger partial charge in [-0.25, -0.2) is 9.37 Å². The highest BCUT2D eigenvalue weighted by Gasteiger charge is 2.13. The van der Waals surface area contributed by atoms with Crippen LogP contribution in [0.5, 0.6) is 11.5 Å². The fourth-order valence-corrected chi connectivity index (χ4v) is 4.58. The van der Waals surface area contributed by atoms with Crippen molar-refractivity contribution in [2.45, 2.75) is 13.5 Å². The molecular formula is C27H22FN3O2S. The third-order valence-corrected chi connectivity index (χ3v) is 6.49. The lowest BCUT2D eigenvalue weighted by Crippen LogP contribution is -2.01. The lowest BCUT2D eigenvalue weighted by molar-refractivity contribution is 0.373. The molecule has 0 aliphatic carbocycles. The Hall–Kier alpha value is -3.97. The van der Waals surface area contributed by atoms with E-state index in [2.05, 4.69) is 22.4 Å². The van der Waals surface area contributed by atoms with Crippen molar-refractivity contribution < 1.29 is 14.2 Å². The van der Waals surface area contributed by atoms with E-state index in [9.17, 15) is 9.50 Å². The average molecular weight is 472 g/mol. The number of halogens is 1. The molecule has 0 aliphatic rings. The lowest BCUT2D eigenvalue weighted by atomic mass is 9.97. The number of thiazole rings is 1. The number of hydrogen-bond acceptors (Lipinski definition) is 6. The van der Waals surface area contributed by atoms with Crippen LogP contribution in [0.25, 0.3) is 32.6 Å². The second-order valence-corrected chi connectivity index (χ2v) is 8.87. The minimum Gasteiger partial charge on any atom is -0.504 e. The zero-order chi connectivity index (χ0) is 23.7. The summed E-state index contributed by atoms with van der Waals surface area (Å²) < 4.78 is 20.2. The number of nitrogens with zero attached hydrogens (tertiary/aromatic N) is 2. The number of anilines is 1. The topological polar surface area (TPSA) is 67.3 Å². The summed E-state index contributed by atoms with van der Waals surface area (Å²) in [4.78, 5) is 9.14. The Kier molecular flexibility index (Phi) is 5.86. The monoisotopic (exact) mass is 471 g/mol. The molecular weight excluding hydrogens is 449 g/mol. The molecule has 0 fully saturated rings. The standard InChI is InChI=1S/C27H22FN3O2S/c1-16-9-19(4-6-22(16)28)27-21(18-5-7-23-26(11-18)34-15-31-23)12-20(14-30-27)29-13-17-3-8-24(32)25(10-17)33-2/h3-12,14-15,29,32H,13H2,1-2H3. The minimum absolute atomic E-state index is 0.104. The number of pyridine rings is 1. The number of hydrogen-bond donors (Lipinski definition) is 2. The van der Waals surface area contributed by atoms with Gasteiger partial charge in [-0.3, -0.25) is 4.98 Å². The number of nitrogens with one attached hydrogen (secondary N) is 1. The van der Waals surface area contributed by atoms with E-state index in [1.54, 1.807) is 42.7 Å². The Morgan fingerprint density at radius 1 is 1.00 bits per heavy atom. The minimum atomic E-state index is -0.237.